The summed E-state index contributed by atoms with van der Waals surface area (Å²) in [4.78, 5) is 18.0. The Morgan fingerprint density at radius 3 is 3.06 bits per heavy atom. The van der Waals surface area contributed by atoms with Gasteiger partial charge < -0.3 is 10.0 Å². The number of aryl methyl sites for hydroxylation is 1. The third-order valence-electron chi connectivity index (χ3n) is 3.01. The lowest BCUT2D eigenvalue weighted by molar-refractivity contribution is 0.0677. The van der Waals surface area contributed by atoms with Gasteiger partial charge in [0.2, 0.25) is 0 Å². The molecule has 1 N–H and O–H groups in total. The van der Waals surface area contributed by atoms with Gasteiger partial charge in [-0.2, -0.15) is 0 Å². The van der Waals surface area contributed by atoms with E-state index < -0.39 is 0 Å². The molecule has 1 aliphatic rings. The van der Waals surface area contributed by atoms with Gasteiger partial charge in [-0.15, -0.1) is 0 Å². The zero-order valence-corrected chi connectivity index (χ0v) is 9.39. The Hall–Kier alpha value is -1.42. The number of pyridine rings is 1. The Kier molecular flexibility index (Phi) is 3.19. The van der Waals surface area contributed by atoms with E-state index in [0.717, 1.165) is 25.1 Å². The fourth-order valence-corrected chi connectivity index (χ4v) is 2.05. The molecule has 1 atom stereocenters. The van der Waals surface area contributed by atoms with E-state index >= 15 is 0 Å². The van der Waals surface area contributed by atoms with Gasteiger partial charge in [0.25, 0.3) is 5.91 Å². The molecule has 86 valence electrons. The van der Waals surface area contributed by atoms with E-state index in [-0.39, 0.29) is 18.6 Å². The van der Waals surface area contributed by atoms with Crippen LogP contribution >= 0.6 is 0 Å². The minimum atomic E-state index is -0.0240. The summed E-state index contributed by atoms with van der Waals surface area (Å²) in [6.07, 6.45) is 3.46. The normalized spacial score (nSPS) is 20.1. The molecule has 1 aromatic heterocycles. The summed E-state index contributed by atoms with van der Waals surface area (Å²) < 4.78 is 0. The Labute approximate surface area is 94.9 Å². The minimum Gasteiger partial charge on any atom is -0.394 e. The number of nitrogens with zero attached hydrogens (tertiary/aromatic N) is 2. The largest absolute Gasteiger partial charge is 0.394 e. The Bertz CT molecular complexity index is 375. The van der Waals surface area contributed by atoms with Gasteiger partial charge >= 0.3 is 0 Å². The van der Waals surface area contributed by atoms with E-state index in [2.05, 4.69) is 4.98 Å². The van der Waals surface area contributed by atoms with Crippen LogP contribution in [0.3, 0.4) is 0 Å². The van der Waals surface area contributed by atoms with Crippen molar-refractivity contribution in [2.24, 2.45) is 0 Å². The standard InChI is InChI=1S/C12H16N2O2/c1-9-4-5-10(7-13-9)12(16)14-6-2-3-11(14)8-15/h4-5,7,11,15H,2-3,6,8H2,1H3/t11-/m0/s1. The van der Waals surface area contributed by atoms with E-state index in [4.69, 9.17) is 5.11 Å². The van der Waals surface area contributed by atoms with E-state index in [1.54, 1.807) is 17.2 Å². The monoisotopic (exact) mass is 220 g/mol. The maximum Gasteiger partial charge on any atom is 0.255 e. The third-order valence-corrected chi connectivity index (χ3v) is 3.01. The second-order valence-corrected chi connectivity index (χ2v) is 4.17. The van der Waals surface area contributed by atoms with E-state index in [1.807, 2.05) is 13.0 Å². The highest BCUT2D eigenvalue weighted by molar-refractivity contribution is 5.94. The molecule has 0 aromatic carbocycles. The molecule has 1 aliphatic heterocycles. The van der Waals surface area contributed by atoms with Gasteiger partial charge in [0.1, 0.15) is 0 Å². The summed E-state index contributed by atoms with van der Waals surface area (Å²) >= 11 is 0. The van der Waals surface area contributed by atoms with Gasteiger partial charge in [0.15, 0.2) is 0 Å². The Morgan fingerprint density at radius 2 is 2.44 bits per heavy atom. The van der Waals surface area contributed by atoms with E-state index in [1.165, 1.54) is 0 Å². The van der Waals surface area contributed by atoms with Crippen LogP contribution in [0.2, 0.25) is 0 Å². The maximum absolute atomic E-state index is 12.1. The second kappa shape index (κ2) is 4.61. The number of carbonyl (C=O) groups excluding carboxylic acids is 1. The molecule has 0 saturated carbocycles. The first-order valence-electron chi connectivity index (χ1n) is 5.57. The van der Waals surface area contributed by atoms with Gasteiger partial charge in [0.05, 0.1) is 18.2 Å². The highest BCUT2D eigenvalue weighted by Gasteiger charge is 2.28. The lowest BCUT2D eigenvalue weighted by atomic mass is 10.2. The number of carbonyl (C=O) groups is 1. The molecule has 1 saturated heterocycles. The first-order chi connectivity index (χ1) is 7.72. The van der Waals surface area contributed by atoms with Crippen molar-refractivity contribution in [1.29, 1.82) is 0 Å². The molecule has 16 heavy (non-hydrogen) atoms. The van der Waals surface area contributed by atoms with Crippen molar-refractivity contribution in [3.63, 3.8) is 0 Å². The number of amides is 1. The predicted molar refractivity (Wildman–Crippen MR) is 60.1 cm³/mol. The van der Waals surface area contributed by atoms with Crippen LogP contribution in [0.5, 0.6) is 0 Å². The van der Waals surface area contributed by atoms with Crippen LogP contribution in [0.25, 0.3) is 0 Å². The summed E-state index contributed by atoms with van der Waals surface area (Å²) in [7, 11) is 0. The lowest BCUT2D eigenvalue weighted by Gasteiger charge is -2.22. The Balaban J connectivity index is 2.15. The number of rotatable bonds is 2. The summed E-state index contributed by atoms with van der Waals surface area (Å²) in [6, 6.07) is 3.60. The second-order valence-electron chi connectivity index (χ2n) is 4.17. The van der Waals surface area contributed by atoms with Crippen LogP contribution in [0, 0.1) is 6.92 Å². The van der Waals surface area contributed by atoms with Crippen molar-refractivity contribution in [3.05, 3.63) is 29.6 Å². The maximum atomic E-state index is 12.1. The van der Waals surface area contributed by atoms with Gasteiger partial charge in [-0.25, -0.2) is 0 Å². The first kappa shape index (κ1) is 11.1. The molecule has 0 radical (unpaired) electrons. The average Bonchev–Trinajstić information content (AvgIpc) is 2.77. The molecule has 2 rings (SSSR count). The molecular formula is C12H16N2O2. The molecule has 1 aromatic rings. The highest BCUT2D eigenvalue weighted by Crippen LogP contribution is 2.19. The van der Waals surface area contributed by atoms with E-state index in [9.17, 15) is 4.79 Å². The van der Waals surface area contributed by atoms with Gasteiger partial charge in [-0.05, 0) is 31.9 Å². The van der Waals surface area contributed by atoms with E-state index in [0.29, 0.717) is 5.56 Å². The van der Waals surface area contributed by atoms with Gasteiger partial charge in [-0.1, -0.05) is 0 Å². The molecule has 1 fully saturated rings. The number of hydrogen-bond acceptors (Lipinski definition) is 3. The van der Waals surface area contributed by atoms with Crippen molar-refractivity contribution < 1.29 is 9.90 Å². The minimum absolute atomic E-state index is 0.0196. The zero-order chi connectivity index (χ0) is 11.5. The molecule has 2 heterocycles. The fourth-order valence-electron chi connectivity index (χ4n) is 2.05. The quantitative estimate of drug-likeness (QED) is 0.808. The molecule has 1 amide bonds. The lowest BCUT2D eigenvalue weighted by Crippen LogP contribution is -2.37. The Morgan fingerprint density at radius 1 is 1.62 bits per heavy atom. The highest BCUT2D eigenvalue weighted by atomic mass is 16.3. The smallest absolute Gasteiger partial charge is 0.255 e. The van der Waals surface area contributed by atoms with Crippen LogP contribution in [0.15, 0.2) is 18.3 Å². The molecule has 4 nitrogen and oxygen atoms in total. The first-order valence-corrected chi connectivity index (χ1v) is 5.57. The summed E-state index contributed by atoms with van der Waals surface area (Å²) in [6.45, 7) is 2.67. The summed E-state index contributed by atoms with van der Waals surface area (Å²) in [5.41, 5.74) is 1.50. The summed E-state index contributed by atoms with van der Waals surface area (Å²) in [5, 5.41) is 9.17. The number of likely N-dealkylation sites (tertiary alicyclic amines) is 1. The fraction of sp³-hybridized carbons (Fsp3) is 0.500. The molecule has 4 heteroatoms. The molecule has 0 bridgehead atoms. The number of hydrogen-bond donors (Lipinski definition) is 1. The van der Waals surface area contributed by atoms with Crippen molar-refractivity contribution in [2.75, 3.05) is 13.2 Å². The van der Waals surface area contributed by atoms with Crippen LogP contribution in [0.1, 0.15) is 28.9 Å². The van der Waals surface area contributed by atoms with Crippen molar-refractivity contribution in [1.82, 2.24) is 9.88 Å². The molecule has 0 unspecified atom stereocenters. The van der Waals surface area contributed by atoms with Crippen molar-refractivity contribution >= 4 is 5.91 Å². The average molecular weight is 220 g/mol. The van der Waals surface area contributed by atoms with Crippen LogP contribution in [-0.4, -0.2) is 40.1 Å². The SMILES string of the molecule is Cc1ccc(C(=O)N2CCC[C@H]2CO)cn1. The van der Waals surface area contributed by atoms with Gasteiger partial charge in [0, 0.05) is 18.4 Å². The number of aromatic nitrogens is 1. The zero-order valence-electron chi connectivity index (χ0n) is 9.39. The van der Waals surface area contributed by atoms with Crippen molar-refractivity contribution in [3.8, 4) is 0 Å². The number of aliphatic hydroxyl groups is 1. The molecule has 0 aliphatic carbocycles. The summed E-state index contributed by atoms with van der Waals surface area (Å²) in [5.74, 6) is -0.0240. The molecule has 0 spiro atoms. The number of aliphatic hydroxyl groups excluding tert-OH is 1. The topological polar surface area (TPSA) is 53.4 Å². The predicted octanol–water partition coefficient (Wildman–Crippen LogP) is 0.987. The van der Waals surface area contributed by atoms with Crippen LogP contribution in [0.4, 0.5) is 0 Å². The van der Waals surface area contributed by atoms with Crippen LogP contribution < -0.4 is 0 Å². The van der Waals surface area contributed by atoms with Crippen molar-refractivity contribution in [2.45, 2.75) is 25.8 Å². The third kappa shape index (κ3) is 2.07. The van der Waals surface area contributed by atoms with Gasteiger partial charge in [-0.3, -0.25) is 9.78 Å². The molecular weight excluding hydrogens is 204 g/mol. The van der Waals surface area contributed by atoms with Crippen LogP contribution in [-0.2, 0) is 0 Å².